The van der Waals surface area contributed by atoms with Gasteiger partial charge >= 0.3 is 5.97 Å². The number of carbonyl (C=O) groups is 2. The zero-order valence-corrected chi connectivity index (χ0v) is 14.1. The van der Waals surface area contributed by atoms with Gasteiger partial charge in [-0.3, -0.25) is 9.59 Å². The molecule has 3 aliphatic rings. The largest absolute Gasteiger partial charge is 0.468 e. The number of amides is 1. The van der Waals surface area contributed by atoms with Gasteiger partial charge in [0.05, 0.1) is 13.2 Å². The van der Waals surface area contributed by atoms with Crippen molar-refractivity contribution in [1.29, 1.82) is 0 Å². The first-order valence-electron chi connectivity index (χ1n) is 8.50. The first-order valence-corrected chi connectivity index (χ1v) is 8.50. The molecule has 1 saturated carbocycles. The van der Waals surface area contributed by atoms with Gasteiger partial charge in [0.25, 0.3) is 0 Å². The molecule has 1 amide bonds. The lowest BCUT2D eigenvalue weighted by Gasteiger charge is -2.37. The van der Waals surface area contributed by atoms with Crippen LogP contribution in [0.3, 0.4) is 0 Å². The monoisotopic (exact) mass is 347 g/mol. The Balaban J connectivity index is 1.46. The Labute approximate surface area is 145 Å². The summed E-state index contributed by atoms with van der Waals surface area (Å²) in [5, 5.41) is 10.6. The fraction of sp³-hybridized carbons (Fsp3) is 0.556. The number of hydrogen-bond donors (Lipinski definition) is 1. The summed E-state index contributed by atoms with van der Waals surface area (Å²) in [4.78, 5) is 26.2. The minimum Gasteiger partial charge on any atom is -0.468 e. The van der Waals surface area contributed by atoms with E-state index in [0.717, 1.165) is 5.56 Å². The van der Waals surface area contributed by atoms with Crippen LogP contribution in [0, 0.1) is 5.41 Å². The minimum absolute atomic E-state index is 0.0770. The first kappa shape index (κ1) is 16.2. The number of aliphatic hydroxyl groups is 1. The van der Waals surface area contributed by atoms with Crippen LogP contribution in [-0.4, -0.2) is 55.0 Å². The van der Waals surface area contributed by atoms with Gasteiger partial charge in [0, 0.05) is 19.0 Å². The van der Waals surface area contributed by atoms with Crippen molar-refractivity contribution in [2.75, 3.05) is 27.0 Å². The van der Waals surface area contributed by atoms with E-state index in [1.165, 1.54) is 7.11 Å². The predicted molar refractivity (Wildman–Crippen MR) is 86.2 cm³/mol. The number of piperidine rings is 1. The number of carbonyl (C=O) groups excluding carboxylic acids is 2. The molecule has 1 N–H and O–H groups in total. The van der Waals surface area contributed by atoms with Gasteiger partial charge < -0.3 is 24.2 Å². The normalized spacial score (nSPS) is 26.2. The van der Waals surface area contributed by atoms with Crippen LogP contribution >= 0.6 is 0 Å². The van der Waals surface area contributed by atoms with E-state index in [0.29, 0.717) is 37.3 Å². The second-order valence-electron chi connectivity index (χ2n) is 6.90. The summed E-state index contributed by atoms with van der Waals surface area (Å²) in [6.07, 6.45) is 0.989. The molecule has 7 heteroatoms. The van der Waals surface area contributed by atoms with E-state index < -0.39 is 17.5 Å². The lowest BCUT2D eigenvalue weighted by molar-refractivity contribution is -0.157. The molecule has 134 valence electrons. The van der Waals surface area contributed by atoms with Gasteiger partial charge in [-0.05, 0) is 37.0 Å². The molecule has 1 aromatic rings. The van der Waals surface area contributed by atoms with Gasteiger partial charge in [0.1, 0.15) is 5.41 Å². The van der Waals surface area contributed by atoms with Gasteiger partial charge in [-0.25, -0.2) is 0 Å². The second kappa shape index (κ2) is 5.91. The van der Waals surface area contributed by atoms with Crippen molar-refractivity contribution in [2.45, 2.75) is 31.3 Å². The molecule has 2 heterocycles. The van der Waals surface area contributed by atoms with E-state index in [4.69, 9.17) is 14.2 Å². The molecule has 2 aliphatic heterocycles. The summed E-state index contributed by atoms with van der Waals surface area (Å²) in [6.45, 7) is 0.939. The van der Waals surface area contributed by atoms with Crippen LogP contribution in [0.4, 0.5) is 0 Å². The number of β-amino-alcohol motifs (C(OH)–C–C–N with tert-alkyl or cyclic N) is 1. The molecule has 0 aromatic heterocycles. The van der Waals surface area contributed by atoms with Crippen molar-refractivity contribution >= 4 is 11.9 Å². The Bertz CT molecular complexity index is 714. The fourth-order valence-corrected chi connectivity index (χ4v) is 3.78. The SMILES string of the molecule is COC(=O)C1(C(=O)N2CC[C@H](c3ccc4c(c3)OCO4)[C@@H](O)C2)CC1. The average Bonchev–Trinajstić information content (AvgIpc) is 3.31. The number of benzene rings is 1. The number of likely N-dealkylation sites (tertiary alicyclic amines) is 1. The summed E-state index contributed by atoms with van der Waals surface area (Å²) in [5.41, 5.74) is -0.0435. The Kier molecular flexibility index (Phi) is 3.83. The number of rotatable bonds is 3. The lowest BCUT2D eigenvalue weighted by Crippen LogP contribution is -2.50. The minimum atomic E-state index is -1.01. The van der Waals surface area contributed by atoms with Crippen LogP contribution < -0.4 is 9.47 Å². The average molecular weight is 347 g/mol. The van der Waals surface area contributed by atoms with Gasteiger partial charge in [-0.15, -0.1) is 0 Å². The number of hydrogen-bond acceptors (Lipinski definition) is 6. The standard InChI is InChI=1S/C18H21NO6/c1-23-17(22)18(5-6-18)16(21)19-7-4-12(13(20)9-19)11-2-3-14-15(8-11)25-10-24-14/h2-3,8,12-13,20H,4-7,9-10H2,1H3/t12-,13+/m1/s1. The molecule has 1 aliphatic carbocycles. The molecule has 1 aromatic carbocycles. The Morgan fingerprint density at radius 1 is 1.28 bits per heavy atom. The van der Waals surface area contributed by atoms with Gasteiger partial charge in [0.15, 0.2) is 11.5 Å². The van der Waals surface area contributed by atoms with E-state index in [1.54, 1.807) is 4.90 Å². The third kappa shape index (κ3) is 2.63. The van der Waals surface area contributed by atoms with Crippen LogP contribution in [0.1, 0.15) is 30.7 Å². The molecule has 0 radical (unpaired) electrons. The zero-order valence-electron chi connectivity index (χ0n) is 14.1. The number of methoxy groups -OCH3 is 1. The summed E-state index contributed by atoms with van der Waals surface area (Å²) < 4.78 is 15.5. The van der Waals surface area contributed by atoms with Crippen molar-refractivity contribution in [1.82, 2.24) is 4.90 Å². The van der Waals surface area contributed by atoms with Crippen LogP contribution in [0.25, 0.3) is 0 Å². The number of nitrogens with zero attached hydrogens (tertiary/aromatic N) is 1. The summed E-state index contributed by atoms with van der Waals surface area (Å²) >= 11 is 0. The quantitative estimate of drug-likeness (QED) is 0.650. The predicted octanol–water partition coefficient (Wildman–Crippen LogP) is 1.05. The van der Waals surface area contributed by atoms with Crippen LogP contribution in [0.15, 0.2) is 18.2 Å². The molecule has 2 fully saturated rings. The highest BCUT2D eigenvalue weighted by Crippen LogP contribution is 2.49. The third-order valence-corrected chi connectivity index (χ3v) is 5.43. The van der Waals surface area contributed by atoms with Crippen molar-refractivity contribution in [2.24, 2.45) is 5.41 Å². The molecule has 0 bridgehead atoms. The highest BCUT2D eigenvalue weighted by Gasteiger charge is 2.59. The number of ether oxygens (including phenoxy) is 3. The van der Waals surface area contributed by atoms with Gasteiger partial charge in [-0.1, -0.05) is 6.07 Å². The smallest absolute Gasteiger partial charge is 0.321 e. The molecule has 4 rings (SSSR count). The second-order valence-corrected chi connectivity index (χ2v) is 6.90. The zero-order chi connectivity index (χ0) is 17.6. The molecule has 7 nitrogen and oxygen atoms in total. The molecular weight excluding hydrogens is 326 g/mol. The van der Waals surface area contributed by atoms with Crippen molar-refractivity contribution in [3.05, 3.63) is 23.8 Å². The van der Waals surface area contributed by atoms with Crippen LogP contribution in [-0.2, 0) is 14.3 Å². The molecule has 2 atom stereocenters. The Hall–Kier alpha value is -2.28. The van der Waals surface area contributed by atoms with E-state index >= 15 is 0 Å². The highest BCUT2D eigenvalue weighted by molar-refractivity contribution is 6.05. The van der Waals surface area contributed by atoms with Crippen LogP contribution in [0.2, 0.25) is 0 Å². The van der Waals surface area contributed by atoms with E-state index in [1.807, 2.05) is 18.2 Å². The van der Waals surface area contributed by atoms with Crippen molar-refractivity contribution < 1.29 is 28.9 Å². The summed E-state index contributed by atoms with van der Waals surface area (Å²) in [7, 11) is 1.30. The topological polar surface area (TPSA) is 85.3 Å². The van der Waals surface area contributed by atoms with E-state index in [2.05, 4.69) is 0 Å². The number of fused-ring (bicyclic) bond motifs is 1. The first-order chi connectivity index (χ1) is 12.0. The van der Waals surface area contributed by atoms with Crippen molar-refractivity contribution in [3.8, 4) is 11.5 Å². The Morgan fingerprint density at radius 2 is 2.04 bits per heavy atom. The maximum atomic E-state index is 12.7. The molecule has 0 unspecified atom stereocenters. The fourth-order valence-electron chi connectivity index (χ4n) is 3.78. The third-order valence-electron chi connectivity index (χ3n) is 5.43. The number of esters is 1. The maximum absolute atomic E-state index is 12.7. The number of aliphatic hydroxyl groups excluding tert-OH is 1. The summed E-state index contributed by atoms with van der Waals surface area (Å²) in [5.74, 6) is 0.629. The molecular formula is C18H21NO6. The molecule has 0 spiro atoms. The summed E-state index contributed by atoms with van der Waals surface area (Å²) in [6, 6.07) is 5.67. The maximum Gasteiger partial charge on any atom is 0.321 e. The van der Waals surface area contributed by atoms with E-state index in [9.17, 15) is 14.7 Å². The lowest BCUT2D eigenvalue weighted by atomic mass is 9.86. The van der Waals surface area contributed by atoms with Crippen molar-refractivity contribution in [3.63, 3.8) is 0 Å². The Morgan fingerprint density at radius 3 is 2.72 bits per heavy atom. The van der Waals surface area contributed by atoms with Gasteiger partial charge in [0.2, 0.25) is 12.7 Å². The molecule has 25 heavy (non-hydrogen) atoms. The highest BCUT2D eigenvalue weighted by atomic mass is 16.7. The molecule has 1 saturated heterocycles. The van der Waals surface area contributed by atoms with Gasteiger partial charge in [-0.2, -0.15) is 0 Å². The van der Waals surface area contributed by atoms with E-state index in [-0.39, 0.29) is 25.2 Å². The van der Waals surface area contributed by atoms with Crippen LogP contribution in [0.5, 0.6) is 11.5 Å².